The van der Waals surface area contributed by atoms with Crippen molar-refractivity contribution in [1.29, 1.82) is 0 Å². The van der Waals surface area contributed by atoms with Crippen LogP contribution >= 0.6 is 11.8 Å². The normalized spacial score (nSPS) is 16.5. The third-order valence-corrected chi connectivity index (χ3v) is 4.19. The molecule has 0 amide bonds. The number of carbonyl (C=O) groups is 1. The molecule has 5 nitrogen and oxygen atoms in total. The maximum Gasteiger partial charge on any atom is 0.343 e. The molecule has 17 heavy (non-hydrogen) atoms. The molecule has 1 aliphatic rings. The molecule has 0 unspecified atom stereocenters. The van der Waals surface area contributed by atoms with E-state index in [-0.39, 0.29) is 11.6 Å². The standard InChI is InChI=1S/C11H17N3O2S/c1-2-14-10(16)12-13-11(14)17-7-9(15)8-5-3-4-6-8/h8H,2-7H2,1H3,(H,12,16). The number of nitrogens with zero attached hydrogens (tertiary/aromatic N) is 2. The number of nitrogens with one attached hydrogen (secondary N) is 1. The lowest BCUT2D eigenvalue weighted by molar-refractivity contribution is -0.120. The average molecular weight is 255 g/mol. The van der Waals surface area contributed by atoms with Crippen LogP contribution in [0.15, 0.2) is 9.95 Å². The van der Waals surface area contributed by atoms with Gasteiger partial charge in [-0.3, -0.25) is 9.36 Å². The molecular weight excluding hydrogens is 238 g/mol. The van der Waals surface area contributed by atoms with Gasteiger partial charge in [0.25, 0.3) is 0 Å². The first-order chi connectivity index (χ1) is 8.22. The summed E-state index contributed by atoms with van der Waals surface area (Å²) in [5, 5.41) is 6.94. The number of aromatic nitrogens is 3. The molecule has 0 aliphatic heterocycles. The van der Waals surface area contributed by atoms with Gasteiger partial charge in [0.1, 0.15) is 5.78 Å². The van der Waals surface area contributed by atoms with Gasteiger partial charge in [-0.2, -0.15) is 0 Å². The van der Waals surface area contributed by atoms with Gasteiger partial charge in [0.05, 0.1) is 5.75 Å². The van der Waals surface area contributed by atoms with Crippen molar-refractivity contribution in [1.82, 2.24) is 14.8 Å². The van der Waals surface area contributed by atoms with Crippen LogP contribution in [0.25, 0.3) is 0 Å². The van der Waals surface area contributed by atoms with Crippen molar-refractivity contribution in [2.45, 2.75) is 44.3 Å². The van der Waals surface area contributed by atoms with E-state index in [1.807, 2.05) is 6.92 Å². The minimum Gasteiger partial charge on any atom is -0.298 e. The van der Waals surface area contributed by atoms with Gasteiger partial charge in [-0.15, -0.1) is 5.10 Å². The number of carbonyl (C=O) groups excluding carboxylic acids is 1. The van der Waals surface area contributed by atoms with E-state index in [0.717, 1.165) is 12.8 Å². The minimum atomic E-state index is -0.205. The zero-order valence-electron chi connectivity index (χ0n) is 9.94. The van der Waals surface area contributed by atoms with E-state index in [9.17, 15) is 9.59 Å². The smallest absolute Gasteiger partial charge is 0.298 e. The molecule has 6 heteroatoms. The molecule has 0 radical (unpaired) electrons. The molecule has 0 saturated heterocycles. The Morgan fingerprint density at radius 1 is 1.53 bits per heavy atom. The largest absolute Gasteiger partial charge is 0.343 e. The van der Waals surface area contributed by atoms with Crippen LogP contribution in [0.2, 0.25) is 0 Å². The summed E-state index contributed by atoms with van der Waals surface area (Å²) in [6.07, 6.45) is 4.40. The first-order valence-corrected chi connectivity index (χ1v) is 7.01. The summed E-state index contributed by atoms with van der Waals surface area (Å²) in [7, 11) is 0. The molecule has 0 spiro atoms. The van der Waals surface area contributed by atoms with Gasteiger partial charge >= 0.3 is 5.69 Å². The maximum absolute atomic E-state index is 11.9. The molecule has 1 saturated carbocycles. The molecule has 1 fully saturated rings. The average Bonchev–Trinajstić information content (AvgIpc) is 2.95. The van der Waals surface area contributed by atoms with E-state index in [1.165, 1.54) is 24.6 Å². The Bertz CT molecular complexity index is 446. The van der Waals surface area contributed by atoms with Crippen LogP contribution in [0.4, 0.5) is 0 Å². The van der Waals surface area contributed by atoms with E-state index in [4.69, 9.17) is 0 Å². The van der Waals surface area contributed by atoms with E-state index < -0.39 is 0 Å². The van der Waals surface area contributed by atoms with Crippen LogP contribution in [-0.2, 0) is 11.3 Å². The van der Waals surface area contributed by atoms with Crippen molar-refractivity contribution in [2.24, 2.45) is 5.92 Å². The fourth-order valence-electron chi connectivity index (χ4n) is 2.19. The Morgan fingerprint density at radius 3 is 2.88 bits per heavy atom. The van der Waals surface area contributed by atoms with E-state index >= 15 is 0 Å². The highest BCUT2D eigenvalue weighted by atomic mass is 32.2. The summed E-state index contributed by atoms with van der Waals surface area (Å²) < 4.78 is 1.55. The van der Waals surface area contributed by atoms with Gasteiger partial charge in [0.15, 0.2) is 5.16 Å². The zero-order chi connectivity index (χ0) is 12.3. The van der Waals surface area contributed by atoms with Crippen LogP contribution in [0.5, 0.6) is 0 Å². The predicted octanol–water partition coefficient (Wildman–Crippen LogP) is 1.44. The lowest BCUT2D eigenvalue weighted by Gasteiger charge is -2.06. The molecule has 1 aromatic heterocycles. The molecule has 94 valence electrons. The van der Waals surface area contributed by atoms with Crippen molar-refractivity contribution in [3.05, 3.63) is 10.5 Å². The van der Waals surface area contributed by atoms with Gasteiger partial charge in [0.2, 0.25) is 0 Å². The highest BCUT2D eigenvalue weighted by Crippen LogP contribution is 2.27. The number of Topliss-reactive ketones (excluding diaryl/α,β-unsaturated/α-hetero) is 1. The summed E-state index contributed by atoms with van der Waals surface area (Å²) in [5.74, 6) is 0.962. The Morgan fingerprint density at radius 2 is 2.24 bits per heavy atom. The topological polar surface area (TPSA) is 67.8 Å². The predicted molar refractivity (Wildman–Crippen MR) is 66.2 cm³/mol. The van der Waals surface area contributed by atoms with Gasteiger partial charge in [0, 0.05) is 12.5 Å². The molecule has 1 aromatic rings. The van der Waals surface area contributed by atoms with Crippen LogP contribution in [0.1, 0.15) is 32.6 Å². The maximum atomic E-state index is 11.9. The molecule has 0 bridgehead atoms. The number of hydrogen-bond acceptors (Lipinski definition) is 4. The summed E-state index contributed by atoms with van der Waals surface area (Å²) in [6, 6.07) is 0. The molecule has 0 atom stereocenters. The second-order valence-corrected chi connectivity index (χ2v) is 5.23. The highest BCUT2D eigenvalue weighted by Gasteiger charge is 2.23. The number of rotatable bonds is 5. The monoisotopic (exact) mass is 255 g/mol. The van der Waals surface area contributed by atoms with Crippen LogP contribution in [0.3, 0.4) is 0 Å². The molecule has 1 aliphatic carbocycles. The first-order valence-electron chi connectivity index (χ1n) is 6.03. The van der Waals surface area contributed by atoms with Gasteiger partial charge in [-0.1, -0.05) is 24.6 Å². The third kappa shape index (κ3) is 2.80. The van der Waals surface area contributed by atoms with Crippen molar-refractivity contribution in [2.75, 3.05) is 5.75 Å². The number of ketones is 1. The number of thioether (sulfide) groups is 1. The number of hydrogen-bond donors (Lipinski definition) is 1. The number of aromatic amines is 1. The highest BCUT2D eigenvalue weighted by molar-refractivity contribution is 7.99. The number of H-pyrrole nitrogens is 1. The second-order valence-electron chi connectivity index (χ2n) is 4.29. The van der Waals surface area contributed by atoms with Gasteiger partial charge in [-0.25, -0.2) is 9.89 Å². The molecule has 1 N–H and O–H groups in total. The summed E-state index contributed by atoms with van der Waals surface area (Å²) in [6.45, 7) is 2.47. The first kappa shape index (κ1) is 12.4. The van der Waals surface area contributed by atoms with E-state index in [1.54, 1.807) is 4.57 Å². The van der Waals surface area contributed by atoms with Gasteiger partial charge < -0.3 is 0 Å². The third-order valence-electron chi connectivity index (χ3n) is 3.19. The Balaban J connectivity index is 1.92. The summed E-state index contributed by atoms with van der Waals surface area (Å²) in [5.41, 5.74) is -0.205. The van der Waals surface area contributed by atoms with Crippen LogP contribution in [-0.4, -0.2) is 26.3 Å². The van der Waals surface area contributed by atoms with Crippen molar-refractivity contribution in [3.63, 3.8) is 0 Å². The summed E-state index contributed by atoms with van der Waals surface area (Å²) >= 11 is 1.36. The van der Waals surface area contributed by atoms with E-state index in [2.05, 4.69) is 10.2 Å². The molecular formula is C11H17N3O2S. The van der Waals surface area contributed by atoms with Crippen molar-refractivity contribution >= 4 is 17.5 Å². The molecule has 2 rings (SSSR count). The quantitative estimate of drug-likeness (QED) is 0.808. The fourth-order valence-corrected chi connectivity index (χ4v) is 3.18. The zero-order valence-corrected chi connectivity index (χ0v) is 10.8. The van der Waals surface area contributed by atoms with Crippen molar-refractivity contribution < 1.29 is 4.79 Å². The van der Waals surface area contributed by atoms with Crippen LogP contribution < -0.4 is 5.69 Å². The Kier molecular flexibility index (Phi) is 4.04. The van der Waals surface area contributed by atoms with Crippen LogP contribution in [0, 0.1) is 5.92 Å². The Hall–Kier alpha value is -1.04. The fraction of sp³-hybridized carbons (Fsp3) is 0.727. The SMILES string of the molecule is CCn1c(SCC(=O)C2CCCC2)n[nH]c1=O. The molecule has 1 heterocycles. The summed E-state index contributed by atoms with van der Waals surface area (Å²) in [4.78, 5) is 23.2. The van der Waals surface area contributed by atoms with Gasteiger partial charge in [-0.05, 0) is 19.8 Å². The minimum absolute atomic E-state index is 0.205. The lowest BCUT2D eigenvalue weighted by Crippen LogP contribution is -2.17. The van der Waals surface area contributed by atoms with E-state index in [0.29, 0.717) is 23.2 Å². The van der Waals surface area contributed by atoms with Crippen molar-refractivity contribution in [3.8, 4) is 0 Å². The Labute approximate surface area is 104 Å². The second kappa shape index (κ2) is 5.53. The molecule has 0 aromatic carbocycles. The lowest BCUT2D eigenvalue weighted by atomic mass is 10.0.